The highest BCUT2D eigenvalue weighted by molar-refractivity contribution is 8.00. The molecule has 1 saturated heterocycles. The summed E-state index contributed by atoms with van der Waals surface area (Å²) in [5.74, 6) is 0.165. The molecule has 1 aromatic carbocycles. The van der Waals surface area contributed by atoms with Gasteiger partial charge in [-0.2, -0.15) is 5.26 Å². The van der Waals surface area contributed by atoms with E-state index in [2.05, 4.69) is 0 Å². The normalized spacial score (nSPS) is 16.1. The second-order valence-corrected chi connectivity index (χ2v) is 4.26. The number of anilines is 1. The van der Waals surface area contributed by atoms with Gasteiger partial charge in [-0.15, -0.1) is 11.8 Å². The van der Waals surface area contributed by atoms with Gasteiger partial charge in [0.05, 0.1) is 28.8 Å². The zero-order chi connectivity index (χ0) is 11.5. The van der Waals surface area contributed by atoms with Crippen molar-refractivity contribution in [2.24, 2.45) is 0 Å². The maximum atomic E-state index is 11.6. The second-order valence-electron chi connectivity index (χ2n) is 3.28. The molecule has 80 valence electrons. The molecule has 16 heavy (non-hydrogen) atoms. The summed E-state index contributed by atoms with van der Waals surface area (Å²) in [5.41, 5.74) is 0.922. The summed E-state index contributed by atoms with van der Waals surface area (Å²) < 4.78 is 0. The Morgan fingerprint density at radius 2 is 1.94 bits per heavy atom. The van der Waals surface area contributed by atoms with Crippen molar-refractivity contribution in [1.29, 1.82) is 5.26 Å². The molecule has 1 heterocycles. The summed E-state index contributed by atoms with van der Waals surface area (Å²) in [5, 5.41) is 8.75. The number of carbonyl (C=O) groups is 2. The summed E-state index contributed by atoms with van der Waals surface area (Å²) in [6.07, 6.45) is 0. The first-order valence-corrected chi connectivity index (χ1v) is 5.81. The number of nitrogens with zero attached hydrogens (tertiary/aromatic N) is 2. The smallest absolute Gasteiger partial charge is 0.243 e. The van der Waals surface area contributed by atoms with Crippen LogP contribution in [0.3, 0.4) is 0 Å². The first kappa shape index (κ1) is 10.7. The highest BCUT2D eigenvalue weighted by atomic mass is 32.2. The number of thioether (sulfide) groups is 1. The second kappa shape index (κ2) is 4.37. The minimum atomic E-state index is -0.226. The van der Waals surface area contributed by atoms with Crippen LogP contribution in [0.5, 0.6) is 0 Å². The third-order valence-corrected chi connectivity index (χ3v) is 3.09. The lowest BCUT2D eigenvalue weighted by molar-refractivity contribution is -0.124. The van der Waals surface area contributed by atoms with Crippen LogP contribution in [-0.2, 0) is 9.59 Å². The molecule has 2 rings (SSSR count). The Morgan fingerprint density at radius 1 is 1.25 bits per heavy atom. The van der Waals surface area contributed by atoms with Crippen LogP contribution >= 0.6 is 11.8 Å². The lowest BCUT2D eigenvalue weighted by Crippen LogP contribution is -2.43. The average Bonchev–Trinajstić information content (AvgIpc) is 2.29. The molecule has 1 fully saturated rings. The van der Waals surface area contributed by atoms with E-state index in [4.69, 9.17) is 5.26 Å². The molecule has 1 aromatic rings. The van der Waals surface area contributed by atoms with Crippen LogP contribution < -0.4 is 4.90 Å². The van der Waals surface area contributed by atoms with Gasteiger partial charge in [-0.25, -0.2) is 4.90 Å². The molecular weight excluding hydrogens is 224 g/mol. The number of amides is 2. The molecule has 1 aliphatic rings. The number of imide groups is 1. The van der Waals surface area contributed by atoms with E-state index in [1.54, 1.807) is 24.3 Å². The third kappa shape index (κ3) is 1.92. The Bertz CT molecular complexity index is 477. The predicted molar refractivity (Wildman–Crippen MR) is 61.0 cm³/mol. The van der Waals surface area contributed by atoms with Gasteiger partial charge in [0, 0.05) is 0 Å². The van der Waals surface area contributed by atoms with E-state index in [1.165, 1.54) is 11.8 Å². The van der Waals surface area contributed by atoms with Gasteiger partial charge in [0.1, 0.15) is 0 Å². The fourth-order valence-corrected chi connectivity index (χ4v) is 2.21. The molecule has 0 spiro atoms. The van der Waals surface area contributed by atoms with Crippen LogP contribution in [-0.4, -0.2) is 23.3 Å². The SMILES string of the molecule is N#Cc1cccc(N2C(=O)CSCC2=O)c1. The average molecular weight is 232 g/mol. The van der Waals surface area contributed by atoms with E-state index in [0.29, 0.717) is 22.8 Å². The van der Waals surface area contributed by atoms with Crippen LogP contribution in [0.4, 0.5) is 5.69 Å². The van der Waals surface area contributed by atoms with Crippen molar-refractivity contribution in [1.82, 2.24) is 0 Å². The highest BCUT2D eigenvalue weighted by Crippen LogP contribution is 2.22. The minimum Gasteiger partial charge on any atom is -0.273 e. The van der Waals surface area contributed by atoms with E-state index >= 15 is 0 Å². The van der Waals surface area contributed by atoms with Gasteiger partial charge in [-0.3, -0.25) is 9.59 Å². The van der Waals surface area contributed by atoms with Gasteiger partial charge in [0.15, 0.2) is 0 Å². The van der Waals surface area contributed by atoms with E-state index < -0.39 is 0 Å². The molecule has 0 bridgehead atoms. The molecule has 2 amide bonds. The van der Waals surface area contributed by atoms with Crippen LogP contribution in [0.2, 0.25) is 0 Å². The zero-order valence-electron chi connectivity index (χ0n) is 8.34. The minimum absolute atomic E-state index is 0.226. The standard InChI is InChI=1S/C11H8N2O2S/c12-5-8-2-1-3-9(4-8)13-10(14)6-16-7-11(13)15/h1-4H,6-7H2. The molecule has 0 aromatic heterocycles. The molecule has 0 atom stereocenters. The number of rotatable bonds is 1. The van der Waals surface area contributed by atoms with E-state index in [1.807, 2.05) is 6.07 Å². The van der Waals surface area contributed by atoms with Gasteiger partial charge >= 0.3 is 0 Å². The number of nitriles is 1. The van der Waals surface area contributed by atoms with Gasteiger partial charge in [-0.1, -0.05) is 6.07 Å². The Labute approximate surface area is 96.8 Å². The first-order chi connectivity index (χ1) is 7.72. The van der Waals surface area contributed by atoms with Crippen LogP contribution in [0, 0.1) is 11.3 Å². The van der Waals surface area contributed by atoms with Crippen molar-refractivity contribution in [2.45, 2.75) is 0 Å². The van der Waals surface area contributed by atoms with Crippen molar-refractivity contribution < 1.29 is 9.59 Å². The van der Waals surface area contributed by atoms with Crippen molar-refractivity contribution >= 4 is 29.3 Å². The van der Waals surface area contributed by atoms with Gasteiger partial charge < -0.3 is 0 Å². The summed E-state index contributed by atoms with van der Waals surface area (Å²) >= 11 is 1.31. The zero-order valence-corrected chi connectivity index (χ0v) is 9.16. The quantitative estimate of drug-likeness (QED) is 0.682. The number of carbonyl (C=O) groups excluding carboxylic acids is 2. The van der Waals surface area contributed by atoms with Crippen LogP contribution in [0.15, 0.2) is 24.3 Å². The molecule has 0 N–H and O–H groups in total. The summed E-state index contributed by atoms with van der Waals surface area (Å²) in [7, 11) is 0. The maximum Gasteiger partial charge on any atom is 0.243 e. The molecule has 0 unspecified atom stereocenters. The summed E-state index contributed by atoms with van der Waals surface area (Å²) in [6.45, 7) is 0. The highest BCUT2D eigenvalue weighted by Gasteiger charge is 2.27. The lowest BCUT2D eigenvalue weighted by atomic mass is 10.2. The van der Waals surface area contributed by atoms with Gasteiger partial charge in [-0.05, 0) is 18.2 Å². The predicted octanol–water partition coefficient (Wildman–Crippen LogP) is 1.16. The lowest BCUT2D eigenvalue weighted by Gasteiger charge is -2.24. The molecule has 5 heteroatoms. The third-order valence-electron chi connectivity index (χ3n) is 2.18. The number of hydrogen-bond acceptors (Lipinski definition) is 4. The van der Waals surface area contributed by atoms with Gasteiger partial charge in [0.2, 0.25) is 11.8 Å². The molecule has 0 aliphatic carbocycles. The largest absolute Gasteiger partial charge is 0.273 e. The Hall–Kier alpha value is -1.80. The molecular formula is C11H8N2O2S. The van der Waals surface area contributed by atoms with Crippen molar-refractivity contribution in [3.8, 4) is 6.07 Å². The van der Waals surface area contributed by atoms with Crippen LogP contribution in [0.1, 0.15) is 5.56 Å². The molecule has 0 radical (unpaired) electrons. The monoisotopic (exact) mass is 232 g/mol. The van der Waals surface area contributed by atoms with Crippen molar-refractivity contribution in [2.75, 3.05) is 16.4 Å². The number of benzene rings is 1. The van der Waals surface area contributed by atoms with E-state index in [0.717, 1.165) is 4.90 Å². The fraction of sp³-hybridized carbons (Fsp3) is 0.182. The van der Waals surface area contributed by atoms with Crippen LogP contribution in [0.25, 0.3) is 0 Å². The van der Waals surface area contributed by atoms with Crippen molar-refractivity contribution in [3.05, 3.63) is 29.8 Å². The van der Waals surface area contributed by atoms with E-state index in [9.17, 15) is 9.59 Å². The number of hydrogen-bond donors (Lipinski definition) is 0. The Balaban J connectivity index is 2.38. The Kier molecular flexibility index (Phi) is 2.93. The van der Waals surface area contributed by atoms with Gasteiger partial charge in [0.25, 0.3) is 0 Å². The first-order valence-electron chi connectivity index (χ1n) is 4.66. The maximum absolute atomic E-state index is 11.6. The summed E-state index contributed by atoms with van der Waals surface area (Å²) in [6, 6.07) is 8.49. The van der Waals surface area contributed by atoms with Crippen molar-refractivity contribution in [3.63, 3.8) is 0 Å². The molecule has 4 nitrogen and oxygen atoms in total. The Morgan fingerprint density at radius 3 is 2.56 bits per heavy atom. The fourth-order valence-electron chi connectivity index (χ4n) is 1.50. The molecule has 0 saturated carbocycles. The molecule has 1 aliphatic heterocycles. The van der Waals surface area contributed by atoms with E-state index in [-0.39, 0.29) is 11.8 Å². The topological polar surface area (TPSA) is 61.2 Å². The summed E-state index contributed by atoms with van der Waals surface area (Å²) in [4.78, 5) is 24.4.